The average molecular weight is 212 g/mol. The van der Waals surface area contributed by atoms with E-state index in [-0.39, 0.29) is 0 Å². The molecule has 0 saturated carbocycles. The van der Waals surface area contributed by atoms with Crippen molar-refractivity contribution in [2.45, 2.75) is 24.6 Å². The van der Waals surface area contributed by atoms with Gasteiger partial charge in [0.2, 0.25) is 0 Å². The van der Waals surface area contributed by atoms with Gasteiger partial charge >= 0.3 is 0 Å². The lowest BCUT2D eigenvalue weighted by Crippen LogP contribution is -2.41. The number of fused-ring (bicyclic) bond motifs is 3. The number of hydrogen-bond acceptors (Lipinski definition) is 0. The molecule has 0 radical (unpaired) electrons. The van der Waals surface area contributed by atoms with Crippen molar-refractivity contribution in [3.05, 3.63) is 54.1 Å². The minimum atomic E-state index is -1.26. The van der Waals surface area contributed by atoms with Crippen molar-refractivity contribution in [1.82, 2.24) is 0 Å². The highest BCUT2D eigenvalue weighted by Gasteiger charge is 2.45. The Morgan fingerprint density at radius 1 is 1.00 bits per heavy atom. The topological polar surface area (TPSA) is 0 Å². The first-order valence-electron chi connectivity index (χ1n) is 5.65. The van der Waals surface area contributed by atoms with E-state index < -0.39 is 8.07 Å². The molecule has 2 atom stereocenters. The fourth-order valence-electron chi connectivity index (χ4n) is 3.15. The molecule has 15 heavy (non-hydrogen) atoms. The average Bonchev–Trinajstić information content (AvgIpc) is 2.51. The van der Waals surface area contributed by atoms with Gasteiger partial charge in [-0.05, 0) is 11.1 Å². The summed E-state index contributed by atoms with van der Waals surface area (Å²) in [6.45, 7) is 5.00. The summed E-state index contributed by atoms with van der Waals surface area (Å²) in [6, 6.07) is 9.04. The maximum atomic E-state index is 2.50. The Bertz CT molecular complexity index is 454. The first-order valence-corrected chi connectivity index (χ1v) is 8.73. The zero-order valence-corrected chi connectivity index (χ0v) is 10.3. The zero-order chi connectivity index (χ0) is 10.5. The molecule has 0 N–H and O–H groups in total. The normalized spacial score (nSPS) is 30.0. The van der Waals surface area contributed by atoms with Crippen molar-refractivity contribution >= 4 is 13.3 Å². The molecule has 2 aliphatic rings. The minimum absolute atomic E-state index is 0.660. The van der Waals surface area contributed by atoms with Gasteiger partial charge in [-0.25, -0.2) is 0 Å². The Kier molecular flexibility index (Phi) is 1.81. The number of hydrogen-bond donors (Lipinski definition) is 0. The fraction of sp³-hybridized carbons (Fsp3) is 0.286. The van der Waals surface area contributed by atoms with Crippen molar-refractivity contribution in [2.24, 2.45) is 0 Å². The Hall–Kier alpha value is -1.08. The predicted molar refractivity (Wildman–Crippen MR) is 68.3 cm³/mol. The maximum absolute atomic E-state index is 2.50. The third kappa shape index (κ3) is 1.13. The molecule has 1 aromatic carbocycles. The van der Waals surface area contributed by atoms with Gasteiger partial charge in [0.1, 0.15) is 0 Å². The highest BCUT2D eigenvalue weighted by atomic mass is 28.3. The first-order chi connectivity index (χ1) is 7.21. The van der Waals surface area contributed by atoms with Crippen molar-refractivity contribution in [3.63, 3.8) is 0 Å². The van der Waals surface area contributed by atoms with E-state index in [1.54, 1.807) is 10.8 Å². The third-order valence-electron chi connectivity index (χ3n) is 3.98. The number of rotatable bonds is 0. The van der Waals surface area contributed by atoms with Crippen LogP contribution in [0.15, 0.2) is 48.6 Å². The summed E-state index contributed by atoms with van der Waals surface area (Å²) >= 11 is 0. The Morgan fingerprint density at radius 2 is 1.73 bits per heavy atom. The van der Waals surface area contributed by atoms with Gasteiger partial charge in [-0.3, -0.25) is 0 Å². The summed E-state index contributed by atoms with van der Waals surface area (Å²) in [5, 5.41) is 1.66. The molecule has 0 aromatic heterocycles. The summed E-state index contributed by atoms with van der Waals surface area (Å²) in [7, 11) is -1.26. The molecule has 0 amide bonds. The molecule has 0 saturated heterocycles. The van der Waals surface area contributed by atoms with Gasteiger partial charge in [0, 0.05) is 5.92 Å². The Labute approximate surface area is 92.3 Å². The Morgan fingerprint density at radius 3 is 2.60 bits per heavy atom. The minimum Gasteiger partial charge on any atom is -0.0829 e. The molecule has 3 rings (SSSR count). The van der Waals surface area contributed by atoms with E-state index in [4.69, 9.17) is 0 Å². The number of allylic oxidation sites excluding steroid dienone is 4. The van der Waals surface area contributed by atoms with Crippen LogP contribution in [0.4, 0.5) is 0 Å². The van der Waals surface area contributed by atoms with E-state index in [0.29, 0.717) is 5.92 Å². The van der Waals surface area contributed by atoms with Gasteiger partial charge in [-0.1, -0.05) is 66.9 Å². The van der Waals surface area contributed by atoms with E-state index in [9.17, 15) is 0 Å². The first kappa shape index (κ1) is 9.17. The molecule has 1 heteroatoms. The lowest BCUT2D eigenvalue weighted by Gasteiger charge is -2.27. The molecule has 0 fully saturated rings. The van der Waals surface area contributed by atoms with Crippen LogP contribution in [0.5, 0.6) is 0 Å². The van der Waals surface area contributed by atoms with Crippen LogP contribution >= 0.6 is 0 Å². The van der Waals surface area contributed by atoms with Crippen molar-refractivity contribution in [1.29, 1.82) is 0 Å². The molecular formula is C14H16Si. The largest absolute Gasteiger partial charge is 0.0886 e. The lowest BCUT2D eigenvalue weighted by molar-refractivity contribution is 0.857. The lowest BCUT2D eigenvalue weighted by atomic mass is 9.93. The van der Waals surface area contributed by atoms with Gasteiger partial charge in [0.15, 0.2) is 0 Å². The summed E-state index contributed by atoms with van der Waals surface area (Å²) in [4.78, 5) is 0. The van der Waals surface area contributed by atoms with Gasteiger partial charge < -0.3 is 0 Å². The molecule has 1 aliphatic carbocycles. The molecule has 1 aromatic rings. The summed E-state index contributed by atoms with van der Waals surface area (Å²) in [6.07, 6.45) is 9.23. The number of benzene rings is 1. The zero-order valence-electron chi connectivity index (χ0n) is 9.27. The standard InChI is InChI=1S/C14H16Si/c1-15(2)13-9-5-3-7-11(13)12-8-4-6-10-14(12)15/h3-11,13H,1-2H3. The third-order valence-corrected chi connectivity index (χ3v) is 8.04. The second-order valence-corrected chi connectivity index (χ2v) is 9.78. The highest BCUT2D eigenvalue weighted by molar-refractivity contribution is 6.93. The van der Waals surface area contributed by atoms with Crippen molar-refractivity contribution in [2.75, 3.05) is 0 Å². The van der Waals surface area contributed by atoms with Gasteiger partial charge in [-0.2, -0.15) is 0 Å². The highest BCUT2D eigenvalue weighted by Crippen LogP contribution is 2.46. The summed E-state index contributed by atoms with van der Waals surface area (Å²) in [5.41, 5.74) is 2.36. The van der Waals surface area contributed by atoms with Gasteiger partial charge in [0.25, 0.3) is 0 Å². The van der Waals surface area contributed by atoms with E-state index >= 15 is 0 Å². The molecule has 1 aliphatic heterocycles. The van der Waals surface area contributed by atoms with Crippen LogP contribution in [0.3, 0.4) is 0 Å². The quantitative estimate of drug-likeness (QED) is 0.579. The summed E-state index contributed by atoms with van der Waals surface area (Å²) in [5.74, 6) is 0.660. The van der Waals surface area contributed by atoms with Gasteiger partial charge in [0.05, 0.1) is 8.07 Å². The summed E-state index contributed by atoms with van der Waals surface area (Å²) < 4.78 is 0. The second kappa shape index (κ2) is 2.95. The molecule has 1 heterocycles. The van der Waals surface area contributed by atoms with E-state index in [2.05, 4.69) is 61.7 Å². The van der Waals surface area contributed by atoms with Crippen LogP contribution in [0, 0.1) is 0 Å². The van der Waals surface area contributed by atoms with Crippen LogP contribution in [0.25, 0.3) is 0 Å². The Balaban J connectivity index is 2.23. The molecule has 0 nitrogen and oxygen atoms in total. The van der Waals surface area contributed by atoms with E-state index in [0.717, 1.165) is 5.54 Å². The van der Waals surface area contributed by atoms with Crippen LogP contribution < -0.4 is 5.19 Å². The van der Waals surface area contributed by atoms with Crippen LogP contribution in [-0.4, -0.2) is 8.07 Å². The predicted octanol–water partition coefficient (Wildman–Crippen LogP) is 3.20. The van der Waals surface area contributed by atoms with Gasteiger partial charge in [-0.15, -0.1) is 0 Å². The van der Waals surface area contributed by atoms with Crippen LogP contribution in [-0.2, 0) is 0 Å². The fourth-order valence-corrected chi connectivity index (χ4v) is 6.81. The maximum Gasteiger partial charge on any atom is 0.0886 e. The van der Waals surface area contributed by atoms with E-state index in [1.807, 2.05) is 0 Å². The molecular weight excluding hydrogens is 196 g/mol. The smallest absolute Gasteiger partial charge is 0.0829 e. The molecule has 76 valence electrons. The SMILES string of the molecule is C[Si]1(C)c2ccccc2C2C=CC=CC21. The monoisotopic (exact) mass is 212 g/mol. The van der Waals surface area contributed by atoms with Crippen molar-refractivity contribution < 1.29 is 0 Å². The van der Waals surface area contributed by atoms with E-state index in [1.165, 1.54) is 0 Å². The van der Waals surface area contributed by atoms with Crippen molar-refractivity contribution in [3.8, 4) is 0 Å². The molecule has 0 spiro atoms. The molecule has 0 bridgehead atoms. The van der Waals surface area contributed by atoms with Crippen LogP contribution in [0.2, 0.25) is 18.6 Å². The molecule has 2 unspecified atom stereocenters. The van der Waals surface area contributed by atoms with Crippen LogP contribution in [0.1, 0.15) is 11.5 Å². The second-order valence-electron chi connectivity index (χ2n) is 5.13.